The number of nitrogens with zero attached hydrogens (tertiary/aromatic N) is 2. The van der Waals surface area contributed by atoms with Gasteiger partial charge in [-0.2, -0.15) is 5.10 Å². The Hall–Kier alpha value is -1.63. The van der Waals surface area contributed by atoms with E-state index in [0.717, 1.165) is 0 Å². The van der Waals surface area contributed by atoms with Crippen LogP contribution in [0.25, 0.3) is 0 Å². The smallest absolute Gasteiger partial charge is 0.408 e. The number of hydrogen-bond acceptors (Lipinski definition) is 5. The molecular weight excluding hydrogens is 224 g/mol. The van der Waals surface area contributed by atoms with Crippen molar-refractivity contribution in [2.24, 2.45) is 0 Å². The highest BCUT2D eigenvalue weighted by Crippen LogP contribution is 2.10. The van der Waals surface area contributed by atoms with E-state index in [4.69, 9.17) is 9.84 Å². The fraction of sp³-hybridized carbons (Fsp3) is 0.700. The van der Waals surface area contributed by atoms with Crippen molar-refractivity contribution >= 4 is 6.09 Å². The van der Waals surface area contributed by atoms with Crippen molar-refractivity contribution in [3.8, 4) is 0 Å². The zero-order valence-corrected chi connectivity index (χ0v) is 10.4. The molecular formula is C10H18N4O3. The molecule has 0 aromatic carbocycles. The summed E-state index contributed by atoms with van der Waals surface area (Å²) in [5, 5.41) is 17.8. The lowest BCUT2D eigenvalue weighted by Crippen LogP contribution is -2.34. The van der Waals surface area contributed by atoms with Crippen molar-refractivity contribution in [2.75, 3.05) is 0 Å². The molecule has 0 bridgehead atoms. The first-order valence-corrected chi connectivity index (χ1v) is 5.33. The molecule has 0 radical (unpaired) electrons. The first-order chi connectivity index (χ1) is 7.81. The third kappa shape index (κ3) is 4.39. The number of aromatic nitrogens is 3. The van der Waals surface area contributed by atoms with Gasteiger partial charge in [0.25, 0.3) is 0 Å². The minimum Gasteiger partial charge on any atom is -0.444 e. The van der Waals surface area contributed by atoms with E-state index in [1.165, 1.54) is 0 Å². The summed E-state index contributed by atoms with van der Waals surface area (Å²) in [5.41, 5.74) is -0.543. The zero-order chi connectivity index (χ0) is 13.1. The van der Waals surface area contributed by atoms with Gasteiger partial charge in [0.05, 0.1) is 6.04 Å². The van der Waals surface area contributed by atoms with Crippen LogP contribution in [0.2, 0.25) is 0 Å². The van der Waals surface area contributed by atoms with Crippen LogP contribution in [0.15, 0.2) is 0 Å². The fourth-order valence-corrected chi connectivity index (χ4v) is 1.12. The van der Waals surface area contributed by atoms with Crippen LogP contribution in [0.1, 0.15) is 45.4 Å². The van der Waals surface area contributed by atoms with Gasteiger partial charge in [-0.25, -0.2) is 9.78 Å². The molecule has 7 heteroatoms. The molecule has 1 aromatic rings. The highest BCUT2D eigenvalue weighted by molar-refractivity contribution is 5.68. The van der Waals surface area contributed by atoms with Gasteiger partial charge in [0.15, 0.2) is 5.82 Å². The van der Waals surface area contributed by atoms with Crippen LogP contribution in [0, 0.1) is 0 Å². The predicted octanol–water partition coefficient (Wildman–Crippen LogP) is 0.883. The van der Waals surface area contributed by atoms with Crippen LogP contribution in [-0.4, -0.2) is 32.0 Å². The van der Waals surface area contributed by atoms with Gasteiger partial charge in [-0.05, 0) is 27.7 Å². The van der Waals surface area contributed by atoms with Gasteiger partial charge in [0, 0.05) is 0 Å². The van der Waals surface area contributed by atoms with Crippen LogP contribution in [0.3, 0.4) is 0 Å². The largest absolute Gasteiger partial charge is 0.444 e. The number of nitrogens with one attached hydrogen (secondary N) is 2. The monoisotopic (exact) mass is 242 g/mol. The molecule has 0 aliphatic heterocycles. The summed E-state index contributed by atoms with van der Waals surface area (Å²) in [6.45, 7) is 6.87. The standard InChI is InChI=1S/C10H18N4O3/c1-6(8-12-7(5-15)13-14-8)11-9(16)17-10(2,3)4/h6,15H,5H2,1-4H3,(H,11,16)(H,12,13,14)/t6-/m1/s1. The minimum atomic E-state index is -0.543. The second-order valence-electron chi connectivity index (χ2n) is 4.67. The van der Waals surface area contributed by atoms with Gasteiger partial charge in [0.1, 0.15) is 18.0 Å². The lowest BCUT2D eigenvalue weighted by atomic mass is 10.2. The maximum Gasteiger partial charge on any atom is 0.408 e. The molecule has 7 nitrogen and oxygen atoms in total. The van der Waals surface area contributed by atoms with E-state index in [2.05, 4.69) is 20.5 Å². The molecule has 17 heavy (non-hydrogen) atoms. The third-order valence-electron chi connectivity index (χ3n) is 1.82. The maximum atomic E-state index is 11.5. The second kappa shape index (κ2) is 5.13. The van der Waals surface area contributed by atoms with Gasteiger partial charge in [-0.15, -0.1) is 0 Å². The van der Waals surface area contributed by atoms with Crippen molar-refractivity contribution in [3.63, 3.8) is 0 Å². The molecule has 1 aromatic heterocycles. The van der Waals surface area contributed by atoms with Crippen molar-refractivity contribution in [1.29, 1.82) is 0 Å². The molecule has 96 valence electrons. The number of aromatic amines is 1. The summed E-state index contributed by atoms with van der Waals surface area (Å²) in [6.07, 6.45) is -0.527. The zero-order valence-electron chi connectivity index (χ0n) is 10.4. The molecule has 1 rings (SSSR count). The normalized spacial score (nSPS) is 13.2. The number of rotatable bonds is 3. The van der Waals surface area contributed by atoms with Crippen LogP contribution in [0.4, 0.5) is 4.79 Å². The topological polar surface area (TPSA) is 100 Å². The number of amides is 1. The Morgan fingerprint density at radius 3 is 2.71 bits per heavy atom. The lowest BCUT2D eigenvalue weighted by molar-refractivity contribution is 0.0506. The molecule has 0 unspecified atom stereocenters. The Labute approximate surface area is 99.6 Å². The second-order valence-corrected chi connectivity index (χ2v) is 4.67. The Bertz CT molecular complexity index is 383. The quantitative estimate of drug-likeness (QED) is 0.730. The number of ether oxygens (including phenoxy) is 1. The third-order valence-corrected chi connectivity index (χ3v) is 1.82. The van der Waals surface area contributed by atoms with Crippen molar-refractivity contribution < 1.29 is 14.6 Å². The van der Waals surface area contributed by atoms with Crippen LogP contribution in [0.5, 0.6) is 0 Å². The first-order valence-electron chi connectivity index (χ1n) is 5.33. The number of aliphatic hydroxyl groups is 1. The summed E-state index contributed by atoms with van der Waals surface area (Å²) in [6, 6.07) is -0.388. The summed E-state index contributed by atoms with van der Waals surface area (Å²) < 4.78 is 5.10. The summed E-state index contributed by atoms with van der Waals surface area (Å²) in [7, 11) is 0. The number of H-pyrrole nitrogens is 1. The SMILES string of the molecule is C[C@@H](NC(=O)OC(C)(C)C)c1n[nH]c(CO)n1. The molecule has 1 amide bonds. The summed E-state index contributed by atoms with van der Waals surface area (Å²) >= 11 is 0. The van der Waals surface area contributed by atoms with Crippen LogP contribution in [-0.2, 0) is 11.3 Å². The molecule has 3 N–H and O–H groups in total. The molecule has 0 aliphatic carbocycles. The molecule has 0 fully saturated rings. The maximum absolute atomic E-state index is 11.5. The number of hydrogen-bond donors (Lipinski definition) is 3. The molecule has 1 atom stereocenters. The Morgan fingerprint density at radius 2 is 2.24 bits per heavy atom. The van der Waals surface area contributed by atoms with Gasteiger partial charge >= 0.3 is 6.09 Å². The van der Waals surface area contributed by atoms with Gasteiger partial charge in [-0.3, -0.25) is 5.10 Å². The van der Waals surface area contributed by atoms with Crippen LogP contribution >= 0.6 is 0 Å². The summed E-state index contributed by atoms with van der Waals surface area (Å²) in [4.78, 5) is 15.5. The number of carbonyl (C=O) groups is 1. The number of carbonyl (C=O) groups excluding carboxylic acids is 1. The number of aliphatic hydroxyl groups excluding tert-OH is 1. The molecule has 0 spiro atoms. The number of alkyl carbamates (subject to hydrolysis) is 1. The molecule has 0 saturated carbocycles. The first kappa shape index (κ1) is 13.4. The van der Waals surface area contributed by atoms with Crippen molar-refractivity contribution in [1.82, 2.24) is 20.5 Å². The van der Waals surface area contributed by atoms with Crippen molar-refractivity contribution in [2.45, 2.75) is 45.9 Å². The Balaban J connectivity index is 2.54. The average Bonchev–Trinajstić information content (AvgIpc) is 2.62. The van der Waals surface area contributed by atoms with Gasteiger partial charge < -0.3 is 15.2 Å². The lowest BCUT2D eigenvalue weighted by Gasteiger charge is -2.21. The fourth-order valence-electron chi connectivity index (χ4n) is 1.12. The summed E-state index contributed by atoms with van der Waals surface area (Å²) in [5.74, 6) is 0.762. The van der Waals surface area contributed by atoms with E-state index >= 15 is 0 Å². The van der Waals surface area contributed by atoms with Crippen LogP contribution < -0.4 is 5.32 Å². The Morgan fingerprint density at radius 1 is 1.59 bits per heavy atom. The van der Waals surface area contributed by atoms with E-state index in [1.807, 2.05) is 0 Å². The molecule has 0 saturated heterocycles. The average molecular weight is 242 g/mol. The minimum absolute atomic E-state index is 0.216. The van der Waals surface area contributed by atoms with Crippen molar-refractivity contribution in [3.05, 3.63) is 11.6 Å². The highest BCUT2D eigenvalue weighted by atomic mass is 16.6. The van der Waals surface area contributed by atoms with E-state index in [-0.39, 0.29) is 12.6 Å². The highest BCUT2D eigenvalue weighted by Gasteiger charge is 2.20. The van der Waals surface area contributed by atoms with E-state index in [0.29, 0.717) is 11.6 Å². The van der Waals surface area contributed by atoms with E-state index in [9.17, 15) is 4.79 Å². The van der Waals surface area contributed by atoms with Gasteiger partial charge in [-0.1, -0.05) is 0 Å². The predicted molar refractivity (Wildman–Crippen MR) is 60.1 cm³/mol. The Kier molecular flexibility index (Phi) is 4.06. The molecule has 1 heterocycles. The van der Waals surface area contributed by atoms with Gasteiger partial charge in [0.2, 0.25) is 0 Å². The van der Waals surface area contributed by atoms with E-state index < -0.39 is 11.7 Å². The molecule has 0 aliphatic rings. The van der Waals surface area contributed by atoms with E-state index in [1.54, 1.807) is 27.7 Å².